The molecule has 1 atom stereocenters. The first-order valence-corrected chi connectivity index (χ1v) is 7.69. The molecule has 21 heavy (non-hydrogen) atoms. The van der Waals surface area contributed by atoms with Crippen molar-refractivity contribution in [2.24, 2.45) is 0 Å². The first-order valence-electron chi connectivity index (χ1n) is 7.69. The van der Waals surface area contributed by atoms with Crippen molar-refractivity contribution in [1.82, 2.24) is 20.0 Å². The van der Waals surface area contributed by atoms with Gasteiger partial charge < -0.3 is 10.1 Å². The van der Waals surface area contributed by atoms with Crippen molar-refractivity contribution in [2.75, 3.05) is 59.5 Å². The maximum absolute atomic E-state index is 11.6. The summed E-state index contributed by atoms with van der Waals surface area (Å²) in [5.74, 6) is -0.120. The first-order chi connectivity index (χ1) is 10.2. The largest absolute Gasteiger partial charge is 0.383 e. The Morgan fingerprint density at radius 1 is 1.24 bits per heavy atom. The molecule has 120 valence electrons. The summed E-state index contributed by atoms with van der Waals surface area (Å²) in [4.78, 5) is 29.2. The standard InChI is InChI=1S/C14H26N4O3/c1-3-12-11-16(4-6-17(12)8-9-21-2)5-7-18-13(19)10-15-14(18)20/h12H,3-11H2,1-2H3,(H,15,20)/t12-/m0/s1. The molecule has 7 heteroatoms. The lowest BCUT2D eigenvalue weighted by Crippen LogP contribution is -2.55. The van der Waals surface area contributed by atoms with Crippen molar-refractivity contribution in [3.8, 4) is 0 Å². The predicted molar refractivity (Wildman–Crippen MR) is 79.1 cm³/mol. The van der Waals surface area contributed by atoms with Crippen LogP contribution in [0, 0.1) is 0 Å². The molecule has 0 bridgehead atoms. The normalized spacial score (nSPS) is 24.7. The van der Waals surface area contributed by atoms with Crippen molar-refractivity contribution in [3.05, 3.63) is 0 Å². The summed E-state index contributed by atoms with van der Waals surface area (Å²) in [6.45, 7) is 8.30. The Bertz CT molecular complexity index is 361. The summed E-state index contributed by atoms with van der Waals surface area (Å²) >= 11 is 0. The van der Waals surface area contributed by atoms with E-state index in [9.17, 15) is 9.59 Å². The number of piperazine rings is 1. The maximum Gasteiger partial charge on any atom is 0.324 e. The Hall–Kier alpha value is -1.18. The van der Waals surface area contributed by atoms with E-state index in [0.717, 1.165) is 45.8 Å². The number of methoxy groups -OCH3 is 1. The molecule has 0 aliphatic carbocycles. The molecule has 2 aliphatic heterocycles. The number of nitrogens with one attached hydrogen (secondary N) is 1. The summed E-state index contributed by atoms with van der Waals surface area (Å²) in [7, 11) is 1.73. The van der Waals surface area contributed by atoms with Gasteiger partial charge in [0, 0.05) is 52.4 Å². The molecule has 2 rings (SSSR count). The highest BCUT2D eigenvalue weighted by atomic mass is 16.5. The molecule has 0 aromatic rings. The number of nitrogens with zero attached hydrogens (tertiary/aromatic N) is 3. The van der Waals surface area contributed by atoms with Crippen molar-refractivity contribution < 1.29 is 14.3 Å². The van der Waals surface area contributed by atoms with E-state index < -0.39 is 0 Å². The van der Waals surface area contributed by atoms with Crippen LogP contribution in [0.4, 0.5) is 4.79 Å². The van der Waals surface area contributed by atoms with Gasteiger partial charge in [-0.3, -0.25) is 19.5 Å². The Labute approximate surface area is 126 Å². The topological polar surface area (TPSA) is 65.1 Å². The molecule has 0 aromatic carbocycles. The van der Waals surface area contributed by atoms with E-state index in [-0.39, 0.29) is 18.5 Å². The predicted octanol–water partition coefficient (Wildman–Crippen LogP) is -0.419. The first kappa shape index (κ1) is 16.2. The van der Waals surface area contributed by atoms with Crippen LogP contribution in [0.15, 0.2) is 0 Å². The molecule has 0 unspecified atom stereocenters. The third-order valence-electron chi connectivity index (χ3n) is 4.32. The van der Waals surface area contributed by atoms with Crippen molar-refractivity contribution in [1.29, 1.82) is 0 Å². The van der Waals surface area contributed by atoms with Crippen LogP contribution in [0.3, 0.4) is 0 Å². The number of ether oxygens (including phenoxy) is 1. The second-order valence-electron chi connectivity index (χ2n) is 5.60. The average molecular weight is 298 g/mol. The third-order valence-corrected chi connectivity index (χ3v) is 4.32. The van der Waals surface area contributed by atoms with Gasteiger partial charge in [-0.1, -0.05) is 6.92 Å². The fourth-order valence-corrected chi connectivity index (χ4v) is 2.97. The van der Waals surface area contributed by atoms with Gasteiger partial charge >= 0.3 is 6.03 Å². The van der Waals surface area contributed by atoms with E-state index in [1.807, 2.05) is 0 Å². The molecule has 2 fully saturated rings. The molecule has 1 N–H and O–H groups in total. The van der Waals surface area contributed by atoms with Crippen molar-refractivity contribution >= 4 is 11.9 Å². The second kappa shape index (κ2) is 7.72. The van der Waals surface area contributed by atoms with Crippen LogP contribution >= 0.6 is 0 Å². The number of carbonyl (C=O) groups excluding carboxylic acids is 2. The zero-order valence-corrected chi connectivity index (χ0v) is 13.0. The minimum absolute atomic E-state index is 0.120. The number of amides is 3. The zero-order valence-electron chi connectivity index (χ0n) is 13.0. The molecular weight excluding hydrogens is 272 g/mol. The molecule has 0 radical (unpaired) electrons. The monoisotopic (exact) mass is 298 g/mol. The number of rotatable bonds is 7. The number of hydrogen-bond acceptors (Lipinski definition) is 5. The highest BCUT2D eigenvalue weighted by molar-refractivity contribution is 6.01. The zero-order chi connectivity index (χ0) is 15.2. The molecule has 2 saturated heterocycles. The lowest BCUT2D eigenvalue weighted by atomic mass is 10.1. The van der Waals surface area contributed by atoms with Crippen LogP contribution < -0.4 is 5.32 Å². The molecule has 0 spiro atoms. The summed E-state index contributed by atoms with van der Waals surface area (Å²) in [6, 6.07) is 0.266. The van der Waals surface area contributed by atoms with Crippen LogP contribution in [0.25, 0.3) is 0 Å². The van der Waals surface area contributed by atoms with Gasteiger partial charge in [0.2, 0.25) is 5.91 Å². The van der Waals surface area contributed by atoms with Crippen molar-refractivity contribution in [3.63, 3.8) is 0 Å². The lowest BCUT2D eigenvalue weighted by Gasteiger charge is -2.41. The lowest BCUT2D eigenvalue weighted by molar-refractivity contribution is -0.125. The van der Waals surface area contributed by atoms with E-state index >= 15 is 0 Å². The fourth-order valence-electron chi connectivity index (χ4n) is 2.97. The molecule has 7 nitrogen and oxygen atoms in total. The van der Waals surface area contributed by atoms with Gasteiger partial charge in [0.15, 0.2) is 0 Å². The maximum atomic E-state index is 11.6. The number of urea groups is 1. The van der Waals surface area contributed by atoms with Gasteiger partial charge in [0.25, 0.3) is 0 Å². The molecular formula is C14H26N4O3. The molecule has 0 saturated carbocycles. The number of imide groups is 1. The van der Waals surface area contributed by atoms with Crippen LogP contribution in [0.1, 0.15) is 13.3 Å². The van der Waals surface area contributed by atoms with E-state index in [1.54, 1.807) is 7.11 Å². The van der Waals surface area contributed by atoms with Crippen LogP contribution in [0.2, 0.25) is 0 Å². The molecule has 2 heterocycles. The van der Waals surface area contributed by atoms with E-state index in [0.29, 0.717) is 12.6 Å². The third kappa shape index (κ3) is 4.15. The summed E-state index contributed by atoms with van der Waals surface area (Å²) in [6.07, 6.45) is 1.10. The van der Waals surface area contributed by atoms with Gasteiger partial charge in [-0.15, -0.1) is 0 Å². The SMILES string of the molecule is CC[C@H]1CN(CCN2C(=O)CNC2=O)CCN1CCOC. The van der Waals surface area contributed by atoms with Crippen LogP contribution in [-0.2, 0) is 9.53 Å². The second-order valence-corrected chi connectivity index (χ2v) is 5.60. The Morgan fingerprint density at radius 3 is 2.67 bits per heavy atom. The molecule has 2 aliphatic rings. The van der Waals surface area contributed by atoms with Gasteiger partial charge in [-0.2, -0.15) is 0 Å². The van der Waals surface area contributed by atoms with Gasteiger partial charge in [0.05, 0.1) is 13.2 Å². The minimum Gasteiger partial charge on any atom is -0.383 e. The summed E-state index contributed by atoms with van der Waals surface area (Å²) < 4.78 is 5.16. The average Bonchev–Trinajstić information content (AvgIpc) is 2.82. The Balaban J connectivity index is 1.78. The Morgan fingerprint density at radius 2 is 2.05 bits per heavy atom. The quantitative estimate of drug-likeness (QED) is 0.647. The van der Waals surface area contributed by atoms with Gasteiger partial charge in [-0.25, -0.2) is 4.79 Å². The highest BCUT2D eigenvalue weighted by Gasteiger charge is 2.30. The van der Waals surface area contributed by atoms with Gasteiger partial charge in [-0.05, 0) is 6.42 Å². The van der Waals surface area contributed by atoms with Gasteiger partial charge in [0.1, 0.15) is 0 Å². The fraction of sp³-hybridized carbons (Fsp3) is 0.857. The van der Waals surface area contributed by atoms with E-state index in [2.05, 4.69) is 22.0 Å². The number of hydrogen-bond donors (Lipinski definition) is 1. The summed E-state index contributed by atoms with van der Waals surface area (Å²) in [5, 5.41) is 2.55. The van der Waals surface area contributed by atoms with Crippen molar-refractivity contribution in [2.45, 2.75) is 19.4 Å². The molecule has 0 aromatic heterocycles. The van der Waals surface area contributed by atoms with Crippen LogP contribution in [-0.4, -0.2) is 92.2 Å². The highest BCUT2D eigenvalue weighted by Crippen LogP contribution is 2.13. The molecule has 3 amide bonds. The minimum atomic E-state index is -0.259. The summed E-state index contributed by atoms with van der Waals surface area (Å²) in [5.41, 5.74) is 0. The van der Waals surface area contributed by atoms with E-state index in [1.165, 1.54) is 4.90 Å². The van der Waals surface area contributed by atoms with Crippen LogP contribution in [0.5, 0.6) is 0 Å². The smallest absolute Gasteiger partial charge is 0.324 e. The Kier molecular flexibility index (Phi) is 5.96. The van der Waals surface area contributed by atoms with E-state index in [4.69, 9.17) is 4.74 Å². The number of carbonyl (C=O) groups is 2.